The van der Waals surface area contributed by atoms with Gasteiger partial charge in [0.25, 0.3) is 0 Å². The van der Waals surface area contributed by atoms with Gasteiger partial charge in [0.2, 0.25) is 0 Å². The van der Waals surface area contributed by atoms with E-state index in [-0.39, 0.29) is 11.5 Å². The van der Waals surface area contributed by atoms with E-state index in [2.05, 4.69) is 18.7 Å². The molecule has 0 aromatic heterocycles. The fourth-order valence-electron chi connectivity index (χ4n) is 2.62. The van der Waals surface area contributed by atoms with E-state index in [0.717, 1.165) is 19.5 Å². The Balaban J connectivity index is 1.97. The molecular formula is C15H21NO2. The van der Waals surface area contributed by atoms with Crippen LogP contribution < -0.4 is 0 Å². The lowest BCUT2D eigenvalue weighted by atomic mass is 9.84. The number of carbonyl (C=O) groups excluding carboxylic acids is 1. The summed E-state index contributed by atoms with van der Waals surface area (Å²) >= 11 is 0. The first-order valence-electron chi connectivity index (χ1n) is 6.51. The highest BCUT2D eigenvalue weighted by atomic mass is 16.3. The second-order valence-electron chi connectivity index (χ2n) is 5.95. The fraction of sp³-hybridized carbons (Fsp3) is 0.533. The number of aromatic hydroxyl groups is 1. The van der Waals surface area contributed by atoms with Crippen LogP contribution in [0.3, 0.4) is 0 Å². The van der Waals surface area contributed by atoms with Crippen LogP contribution in [0.15, 0.2) is 24.3 Å². The molecule has 0 bridgehead atoms. The summed E-state index contributed by atoms with van der Waals surface area (Å²) in [5.74, 6) is 0.332. The van der Waals surface area contributed by atoms with Gasteiger partial charge in [-0.25, -0.2) is 0 Å². The number of hydrogen-bond acceptors (Lipinski definition) is 3. The maximum Gasteiger partial charge on any atom is 0.176 e. The first-order chi connectivity index (χ1) is 8.46. The molecule has 3 heteroatoms. The van der Waals surface area contributed by atoms with E-state index in [9.17, 15) is 9.90 Å². The monoisotopic (exact) mass is 247 g/mol. The molecule has 1 aliphatic heterocycles. The van der Waals surface area contributed by atoms with Crippen molar-refractivity contribution in [1.29, 1.82) is 0 Å². The SMILES string of the molecule is CC1(C)CCCN(CC(=O)c2ccc(O)cc2)C1. The molecule has 0 spiro atoms. The van der Waals surface area contributed by atoms with Crippen molar-refractivity contribution in [3.05, 3.63) is 29.8 Å². The van der Waals surface area contributed by atoms with Crippen LogP contribution in [0.25, 0.3) is 0 Å². The summed E-state index contributed by atoms with van der Waals surface area (Å²) in [6, 6.07) is 6.50. The Bertz CT molecular complexity index is 423. The average Bonchev–Trinajstić information content (AvgIpc) is 2.28. The third-order valence-electron chi connectivity index (χ3n) is 3.54. The number of hydrogen-bond donors (Lipinski definition) is 1. The van der Waals surface area contributed by atoms with Gasteiger partial charge in [0, 0.05) is 12.1 Å². The molecule has 1 fully saturated rings. The molecule has 0 aliphatic carbocycles. The number of benzene rings is 1. The molecule has 3 nitrogen and oxygen atoms in total. The topological polar surface area (TPSA) is 40.5 Å². The molecule has 1 aromatic rings. The summed E-state index contributed by atoms with van der Waals surface area (Å²) < 4.78 is 0. The lowest BCUT2D eigenvalue weighted by molar-refractivity contribution is 0.0810. The van der Waals surface area contributed by atoms with E-state index in [0.29, 0.717) is 17.5 Å². The summed E-state index contributed by atoms with van der Waals surface area (Å²) in [6.45, 7) is 6.98. The van der Waals surface area contributed by atoms with Gasteiger partial charge in [-0.1, -0.05) is 13.8 Å². The van der Waals surface area contributed by atoms with Crippen LogP contribution in [0.4, 0.5) is 0 Å². The molecule has 1 heterocycles. The Kier molecular flexibility index (Phi) is 3.71. The molecule has 1 aliphatic rings. The highest BCUT2D eigenvalue weighted by Crippen LogP contribution is 2.28. The lowest BCUT2D eigenvalue weighted by Crippen LogP contribution is -2.42. The first kappa shape index (κ1) is 13.1. The quantitative estimate of drug-likeness (QED) is 0.835. The molecule has 2 rings (SSSR count). The largest absolute Gasteiger partial charge is 0.508 e. The number of rotatable bonds is 3. The van der Waals surface area contributed by atoms with Gasteiger partial charge in [-0.3, -0.25) is 9.69 Å². The van der Waals surface area contributed by atoms with Crippen molar-refractivity contribution in [3.8, 4) is 5.75 Å². The smallest absolute Gasteiger partial charge is 0.176 e. The number of likely N-dealkylation sites (tertiary alicyclic amines) is 1. The van der Waals surface area contributed by atoms with E-state index >= 15 is 0 Å². The molecule has 0 saturated carbocycles. The normalized spacial score (nSPS) is 19.7. The minimum atomic E-state index is 0.132. The summed E-state index contributed by atoms with van der Waals surface area (Å²) in [5.41, 5.74) is 0.990. The van der Waals surface area contributed by atoms with Crippen LogP contribution in [0.5, 0.6) is 5.75 Å². The lowest BCUT2D eigenvalue weighted by Gasteiger charge is -2.37. The molecule has 18 heavy (non-hydrogen) atoms. The standard InChI is InChI=1S/C15H21NO2/c1-15(2)8-3-9-16(11-15)10-14(18)12-4-6-13(17)7-5-12/h4-7,17H,3,8-11H2,1-2H3. The highest BCUT2D eigenvalue weighted by molar-refractivity contribution is 5.97. The van der Waals surface area contributed by atoms with Gasteiger partial charge in [-0.15, -0.1) is 0 Å². The number of piperidine rings is 1. The number of carbonyl (C=O) groups is 1. The summed E-state index contributed by atoms with van der Waals surface area (Å²) in [5, 5.41) is 9.21. The Morgan fingerprint density at radius 1 is 1.33 bits per heavy atom. The highest BCUT2D eigenvalue weighted by Gasteiger charge is 2.27. The van der Waals surface area contributed by atoms with Crippen molar-refractivity contribution in [2.75, 3.05) is 19.6 Å². The van der Waals surface area contributed by atoms with E-state index in [1.807, 2.05) is 0 Å². The van der Waals surface area contributed by atoms with Crippen LogP contribution in [-0.2, 0) is 0 Å². The van der Waals surface area contributed by atoms with Gasteiger partial charge in [-0.05, 0) is 49.1 Å². The molecule has 1 N–H and O–H groups in total. The van der Waals surface area contributed by atoms with Crippen LogP contribution in [-0.4, -0.2) is 35.4 Å². The van der Waals surface area contributed by atoms with Gasteiger partial charge in [0.05, 0.1) is 6.54 Å². The summed E-state index contributed by atoms with van der Waals surface area (Å²) in [6.07, 6.45) is 2.40. The van der Waals surface area contributed by atoms with Gasteiger partial charge in [0.1, 0.15) is 5.75 Å². The minimum absolute atomic E-state index is 0.132. The molecule has 0 atom stereocenters. The zero-order chi connectivity index (χ0) is 13.2. The van der Waals surface area contributed by atoms with Crippen molar-refractivity contribution in [1.82, 2.24) is 4.90 Å². The van der Waals surface area contributed by atoms with Crippen LogP contribution >= 0.6 is 0 Å². The van der Waals surface area contributed by atoms with Crippen molar-refractivity contribution in [3.63, 3.8) is 0 Å². The maximum atomic E-state index is 12.1. The maximum absolute atomic E-state index is 12.1. The molecule has 1 saturated heterocycles. The van der Waals surface area contributed by atoms with Crippen LogP contribution in [0.2, 0.25) is 0 Å². The number of phenolic OH excluding ortho intramolecular Hbond substituents is 1. The Labute approximate surface area is 108 Å². The van der Waals surface area contributed by atoms with Gasteiger partial charge < -0.3 is 5.11 Å². The summed E-state index contributed by atoms with van der Waals surface area (Å²) in [4.78, 5) is 14.3. The third-order valence-corrected chi connectivity index (χ3v) is 3.54. The van der Waals surface area contributed by atoms with Gasteiger partial charge in [0.15, 0.2) is 5.78 Å². The number of phenols is 1. The van der Waals surface area contributed by atoms with E-state index < -0.39 is 0 Å². The number of ketones is 1. The number of nitrogens with zero attached hydrogens (tertiary/aromatic N) is 1. The Hall–Kier alpha value is -1.35. The van der Waals surface area contributed by atoms with Crippen LogP contribution in [0.1, 0.15) is 37.0 Å². The van der Waals surface area contributed by atoms with E-state index in [4.69, 9.17) is 0 Å². The predicted octanol–water partition coefficient (Wildman–Crippen LogP) is 2.70. The summed E-state index contributed by atoms with van der Waals surface area (Å²) in [7, 11) is 0. The average molecular weight is 247 g/mol. The number of Topliss-reactive ketones (excluding diaryl/α,β-unsaturated/α-hetero) is 1. The molecule has 0 radical (unpaired) electrons. The second kappa shape index (κ2) is 5.11. The first-order valence-corrected chi connectivity index (χ1v) is 6.51. The Morgan fingerprint density at radius 2 is 2.00 bits per heavy atom. The van der Waals surface area contributed by atoms with Crippen molar-refractivity contribution >= 4 is 5.78 Å². The molecule has 1 aromatic carbocycles. The third kappa shape index (κ3) is 3.33. The molecular weight excluding hydrogens is 226 g/mol. The van der Waals surface area contributed by atoms with Crippen LogP contribution in [0, 0.1) is 5.41 Å². The van der Waals surface area contributed by atoms with E-state index in [1.165, 1.54) is 6.42 Å². The fourth-order valence-corrected chi connectivity index (χ4v) is 2.62. The molecule has 98 valence electrons. The minimum Gasteiger partial charge on any atom is -0.508 e. The van der Waals surface area contributed by atoms with Crippen molar-refractivity contribution in [2.45, 2.75) is 26.7 Å². The Morgan fingerprint density at radius 3 is 2.61 bits per heavy atom. The zero-order valence-electron chi connectivity index (χ0n) is 11.1. The predicted molar refractivity (Wildman–Crippen MR) is 71.9 cm³/mol. The van der Waals surface area contributed by atoms with Gasteiger partial charge >= 0.3 is 0 Å². The van der Waals surface area contributed by atoms with Gasteiger partial charge in [-0.2, -0.15) is 0 Å². The van der Waals surface area contributed by atoms with Crippen molar-refractivity contribution in [2.24, 2.45) is 5.41 Å². The zero-order valence-corrected chi connectivity index (χ0v) is 11.1. The van der Waals surface area contributed by atoms with Crippen molar-refractivity contribution < 1.29 is 9.90 Å². The van der Waals surface area contributed by atoms with E-state index in [1.54, 1.807) is 24.3 Å². The molecule has 0 amide bonds. The second-order valence-corrected chi connectivity index (χ2v) is 5.95. The molecule has 0 unspecified atom stereocenters.